The van der Waals surface area contributed by atoms with Crippen molar-refractivity contribution in [3.8, 4) is 5.75 Å². The van der Waals surface area contributed by atoms with E-state index in [1.165, 1.54) is 6.07 Å². The monoisotopic (exact) mass is 452 g/mol. The number of rotatable bonds is 4. The number of piperazine rings is 1. The number of alkyl halides is 3. The van der Waals surface area contributed by atoms with Gasteiger partial charge in [0, 0.05) is 42.7 Å². The number of hydrogen-bond acceptors (Lipinski definition) is 4. The molecular weight excluding hydrogens is 429 g/mol. The second-order valence-electron chi connectivity index (χ2n) is 8.24. The molecule has 1 unspecified atom stereocenters. The highest BCUT2D eigenvalue weighted by atomic mass is 35.5. The first-order chi connectivity index (χ1) is 14.7. The number of halogens is 4. The SMILES string of the molecule is COc1cc2c(cc1N1CCN(C)CC1)CC(Cc1cc(C(F)(F)F)ccc1Cl)C2=O. The van der Waals surface area contributed by atoms with Crippen LogP contribution in [0, 0.1) is 5.92 Å². The Bertz CT molecular complexity index is 1000. The van der Waals surface area contributed by atoms with Crippen LogP contribution >= 0.6 is 11.6 Å². The van der Waals surface area contributed by atoms with E-state index < -0.39 is 17.7 Å². The van der Waals surface area contributed by atoms with Crippen LogP contribution in [0.5, 0.6) is 5.75 Å². The summed E-state index contributed by atoms with van der Waals surface area (Å²) < 4.78 is 44.9. The number of hydrogen-bond donors (Lipinski definition) is 0. The van der Waals surface area contributed by atoms with Crippen LogP contribution in [0.2, 0.25) is 5.02 Å². The van der Waals surface area contributed by atoms with Gasteiger partial charge in [0.2, 0.25) is 0 Å². The van der Waals surface area contributed by atoms with Gasteiger partial charge in [0.05, 0.1) is 18.4 Å². The third-order valence-corrected chi connectivity index (χ3v) is 6.56. The molecular formula is C23H24ClF3N2O2. The van der Waals surface area contributed by atoms with Crippen LogP contribution in [-0.4, -0.2) is 51.0 Å². The van der Waals surface area contributed by atoms with Crippen LogP contribution in [0.25, 0.3) is 0 Å². The summed E-state index contributed by atoms with van der Waals surface area (Å²) in [5.74, 6) is 0.129. The van der Waals surface area contributed by atoms with E-state index in [0.29, 0.717) is 23.3 Å². The molecule has 1 fully saturated rings. The molecule has 0 amide bonds. The maximum Gasteiger partial charge on any atom is 0.416 e. The molecule has 0 spiro atoms. The molecule has 8 heteroatoms. The standard InChI is InChI=1S/C23H24ClF3N2O2/c1-28-5-7-29(8-6-28)20-12-14-9-16(22(30)18(14)13-21(20)31-2)10-15-11-17(23(25,26)27)3-4-19(15)24/h3-4,11-13,16H,5-10H2,1-2H3. The normalized spacial score (nSPS) is 19.6. The van der Waals surface area contributed by atoms with Crippen LogP contribution in [-0.2, 0) is 19.0 Å². The molecule has 166 valence electrons. The summed E-state index contributed by atoms with van der Waals surface area (Å²) in [7, 11) is 3.67. The number of benzene rings is 2. The van der Waals surface area contributed by atoms with Crippen molar-refractivity contribution in [1.82, 2.24) is 4.90 Å². The number of Topliss-reactive ketones (excluding diaryl/α,β-unsaturated/α-hetero) is 1. The van der Waals surface area contributed by atoms with E-state index in [-0.39, 0.29) is 17.2 Å². The zero-order valence-corrected chi connectivity index (χ0v) is 18.2. The molecule has 0 N–H and O–H groups in total. The Morgan fingerprint density at radius 1 is 1.13 bits per heavy atom. The lowest BCUT2D eigenvalue weighted by Crippen LogP contribution is -2.44. The minimum atomic E-state index is -4.45. The van der Waals surface area contributed by atoms with Crippen LogP contribution in [0.3, 0.4) is 0 Å². The van der Waals surface area contributed by atoms with Gasteiger partial charge >= 0.3 is 6.18 Å². The zero-order valence-electron chi connectivity index (χ0n) is 17.4. The van der Waals surface area contributed by atoms with Crippen molar-refractivity contribution in [2.24, 2.45) is 5.92 Å². The van der Waals surface area contributed by atoms with Gasteiger partial charge in [0.25, 0.3) is 0 Å². The Balaban J connectivity index is 1.60. The third kappa shape index (κ3) is 4.39. The van der Waals surface area contributed by atoms with Gasteiger partial charge in [-0.2, -0.15) is 13.2 Å². The quantitative estimate of drug-likeness (QED) is 0.672. The van der Waals surface area contributed by atoms with Crippen LogP contribution in [0.1, 0.15) is 27.0 Å². The fraction of sp³-hybridized carbons (Fsp3) is 0.435. The van der Waals surface area contributed by atoms with Gasteiger partial charge in [0.15, 0.2) is 5.78 Å². The lowest BCUT2D eigenvalue weighted by molar-refractivity contribution is -0.137. The van der Waals surface area contributed by atoms with Gasteiger partial charge in [-0.15, -0.1) is 0 Å². The molecule has 1 aliphatic heterocycles. The van der Waals surface area contributed by atoms with Gasteiger partial charge in [0.1, 0.15) is 5.75 Å². The molecule has 1 aliphatic carbocycles. The molecule has 1 atom stereocenters. The van der Waals surface area contributed by atoms with Gasteiger partial charge in [-0.3, -0.25) is 4.79 Å². The zero-order chi connectivity index (χ0) is 22.3. The molecule has 1 saturated heterocycles. The average molecular weight is 453 g/mol. The summed E-state index contributed by atoms with van der Waals surface area (Å²) >= 11 is 6.16. The highest BCUT2D eigenvalue weighted by molar-refractivity contribution is 6.31. The lowest BCUT2D eigenvalue weighted by Gasteiger charge is -2.35. The van der Waals surface area contributed by atoms with Crippen molar-refractivity contribution in [2.45, 2.75) is 19.0 Å². The van der Waals surface area contributed by atoms with E-state index in [1.54, 1.807) is 13.2 Å². The summed E-state index contributed by atoms with van der Waals surface area (Å²) in [6, 6.07) is 7.05. The predicted octanol–water partition coefficient (Wildman–Crippen LogP) is 4.72. The summed E-state index contributed by atoms with van der Waals surface area (Å²) in [5, 5.41) is 0.243. The smallest absolute Gasteiger partial charge is 0.416 e. The number of anilines is 1. The number of carbonyl (C=O) groups excluding carboxylic acids is 1. The molecule has 2 aliphatic rings. The second kappa shape index (κ2) is 8.36. The summed E-state index contributed by atoms with van der Waals surface area (Å²) in [4.78, 5) is 17.6. The van der Waals surface area contributed by atoms with Crippen molar-refractivity contribution in [3.63, 3.8) is 0 Å². The van der Waals surface area contributed by atoms with Crippen LogP contribution in [0.15, 0.2) is 30.3 Å². The molecule has 4 rings (SSSR count). The number of methoxy groups -OCH3 is 1. The topological polar surface area (TPSA) is 32.8 Å². The van der Waals surface area contributed by atoms with Crippen LogP contribution in [0.4, 0.5) is 18.9 Å². The number of likely N-dealkylation sites (N-methyl/N-ethyl adjacent to an activating group) is 1. The maximum absolute atomic E-state index is 13.1. The highest BCUT2D eigenvalue weighted by Gasteiger charge is 2.35. The first-order valence-electron chi connectivity index (χ1n) is 10.2. The molecule has 0 saturated carbocycles. The minimum Gasteiger partial charge on any atom is -0.495 e. The minimum absolute atomic E-state index is 0.0771. The molecule has 2 aromatic rings. The largest absolute Gasteiger partial charge is 0.495 e. The predicted molar refractivity (Wildman–Crippen MR) is 114 cm³/mol. The van der Waals surface area contributed by atoms with E-state index in [1.807, 2.05) is 6.07 Å². The fourth-order valence-corrected chi connectivity index (χ4v) is 4.58. The number of ether oxygens (including phenoxy) is 1. The maximum atomic E-state index is 13.1. The van der Waals surface area contributed by atoms with Crippen LogP contribution < -0.4 is 9.64 Å². The van der Waals surface area contributed by atoms with Crippen molar-refractivity contribution < 1.29 is 22.7 Å². The molecule has 0 aromatic heterocycles. The Kier molecular flexibility index (Phi) is 5.92. The Morgan fingerprint density at radius 3 is 2.48 bits per heavy atom. The van der Waals surface area contributed by atoms with E-state index in [4.69, 9.17) is 16.3 Å². The van der Waals surface area contributed by atoms with E-state index in [9.17, 15) is 18.0 Å². The molecule has 1 heterocycles. The lowest BCUT2D eigenvalue weighted by atomic mass is 9.94. The Hall–Kier alpha value is -2.25. The van der Waals surface area contributed by atoms with Crippen molar-refractivity contribution in [3.05, 3.63) is 57.6 Å². The van der Waals surface area contributed by atoms with Crippen molar-refractivity contribution >= 4 is 23.1 Å². The van der Waals surface area contributed by atoms with Gasteiger partial charge in [-0.25, -0.2) is 0 Å². The Morgan fingerprint density at radius 2 is 1.84 bits per heavy atom. The highest BCUT2D eigenvalue weighted by Crippen LogP contribution is 2.40. The second-order valence-corrected chi connectivity index (χ2v) is 8.65. The van der Waals surface area contributed by atoms with Gasteiger partial charge in [-0.1, -0.05) is 11.6 Å². The number of fused-ring (bicyclic) bond motifs is 1. The first kappa shape index (κ1) is 22.0. The van der Waals surface area contributed by atoms with Gasteiger partial charge < -0.3 is 14.5 Å². The fourth-order valence-electron chi connectivity index (χ4n) is 4.38. The molecule has 31 heavy (non-hydrogen) atoms. The van der Waals surface area contributed by atoms with E-state index >= 15 is 0 Å². The summed E-state index contributed by atoms with van der Waals surface area (Å²) in [6.07, 6.45) is -3.80. The molecule has 0 radical (unpaired) electrons. The number of nitrogens with zero attached hydrogens (tertiary/aromatic N) is 2. The average Bonchev–Trinajstić information content (AvgIpc) is 3.03. The Labute approximate surface area is 184 Å². The molecule has 4 nitrogen and oxygen atoms in total. The van der Waals surface area contributed by atoms with E-state index in [2.05, 4.69) is 16.8 Å². The van der Waals surface area contributed by atoms with E-state index in [0.717, 1.165) is 49.6 Å². The van der Waals surface area contributed by atoms with Gasteiger partial charge in [-0.05, 0) is 61.3 Å². The van der Waals surface area contributed by atoms with Crippen molar-refractivity contribution in [1.29, 1.82) is 0 Å². The first-order valence-corrected chi connectivity index (χ1v) is 10.6. The number of carbonyl (C=O) groups is 1. The third-order valence-electron chi connectivity index (χ3n) is 6.19. The van der Waals surface area contributed by atoms with Crippen molar-refractivity contribution in [2.75, 3.05) is 45.2 Å². The summed E-state index contributed by atoms with van der Waals surface area (Å²) in [5.41, 5.74) is 2.04. The number of ketones is 1. The molecule has 2 aromatic carbocycles. The summed E-state index contributed by atoms with van der Waals surface area (Å²) in [6.45, 7) is 3.61. The molecule has 0 bridgehead atoms.